The van der Waals surface area contributed by atoms with E-state index in [9.17, 15) is 26.7 Å². The molecule has 1 aromatic rings. The molecule has 8 heteroatoms. The molecule has 0 saturated carbocycles. The van der Waals surface area contributed by atoms with Crippen LogP contribution in [0.3, 0.4) is 0 Å². The summed E-state index contributed by atoms with van der Waals surface area (Å²) in [5.41, 5.74) is 4.14. The van der Waals surface area contributed by atoms with Crippen molar-refractivity contribution in [1.82, 2.24) is 5.32 Å². The highest BCUT2D eigenvalue weighted by Gasteiger charge is 2.29. The molecular weight excluding hydrogens is 295 g/mol. The van der Waals surface area contributed by atoms with Crippen LogP contribution in [0.4, 0.5) is 22.0 Å². The van der Waals surface area contributed by atoms with Crippen LogP contribution < -0.4 is 11.1 Å². The number of nitrogens with two attached hydrogens (primary N) is 1. The summed E-state index contributed by atoms with van der Waals surface area (Å²) in [4.78, 5) is 11.6. The van der Waals surface area contributed by atoms with E-state index in [1.807, 2.05) is 13.8 Å². The van der Waals surface area contributed by atoms with Crippen LogP contribution in [-0.4, -0.2) is 18.5 Å². The second-order valence-corrected chi connectivity index (χ2v) is 5.04. The van der Waals surface area contributed by atoms with Gasteiger partial charge in [-0.15, -0.1) is 0 Å². The van der Waals surface area contributed by atoms with Crippen LogP contribution in [0.25, 0.3) is 0 Å². The molecule has 0 heterocycles. The van der Waals surface area contributed by atoms with Crippen LogP contribution in [-0.2, 0) is 0 Å². The summed E-state index contributed by atoms with van der Waals surface area (Å²) in [5, 5.41) is 2.06. The Balaban J connectivity index is 2.94. The van der Waals surface area contributed by atoms with E-state index < -0.39 is 46.6 Å². The number of carbonyl (C=O) groups excluding carboxylic acids is 1. The van der Waals surface area contributed by atoms with E-state index in [1.54, 1.807) is 0 Å². The summed E-state index contributed by atoms with van der Waals surface area (Å²) in [5.74, 6) is -12.1. The normalized spacial score (nSPS) is 12.6. The van der Waals surface area contributed by atoms with E-state index >= 15 is 0 Å². The molecule has 1 unspecified atom stereocenters. The minimum absolute atomic E-state index is 0.142. The summed E-state index contributed by atoms with van der Waals surface area (Å²) in [6.45, 7) is 3.62. The highest BCUT2D eigenvalue weighted by atomic mass is 19.2. The average Bonchev–Trinajstić information content (AvgIpc) is 2.40. The fourth-order valence-corrected chi connectivity index (χ4v) is 1.81. The summed E-state index contributed by atoms with van der Waals surface area (Å²) < 4.78 is 65.5. The SMILES string of the molecule is CC(C)CC(N)CNC(=O)c1c(F)c(F)c(F)c(F)c1F. The van der Waals surface area contributed by atoms with Gasteiger partial charge in [-0.3, -0.25) is 4.79 Å². The molecule has 21 heavy (non-hydrogen) atoms. The molecule has 0 bridgehead atoms. The van der Waals surface area contributed by atoms with Crippen LogP contribution in [0.2, 0.25) is 0 Å². The molecule has 0 aromatic heterocycles. The van der Waals surface area contributed by atoms with Gasteiger partial charge in [0.25, 0.3) is 5.91 Å². The van der Waals surface area contributed by atoms with Crippen molar-refractivity contribution in [3.63, 3.8) is 0 Å². The van der Waals surface area contributed by atoms with Crippen molar-refractivity contribution in [2.75, 3.05) is 6.54 Å². The predicted octanol–water partition coefficient (Wildman–Crippen LogP) is 2.49. The molecule has 1 aromatic carbocycles. The Morgan fingerprint density at radius 3 is 1.86 bits per heavy atom. The standard InChI is InChI=1S/C13H15F5N2O/c1-5(2)3-6(19)4-20-13(21)7-8(14)10(16)12(18)11(17)9(7)15/h5-6H,3-4,19H2,1-2H3,(H,20,21). The van der Waals surface area contributed by atoms with Crippen molar-refractivity contribution in [3.8, 4) is 0 Å². The van der Waals surface area contributed by atoms with Crippen LogP contribution in [0.5, 0.6) is 0 Å². The fraction of sp³-hybridized carbons (Fsp3) is 0.462. The number of carbonyl (C=O) groups is 1. The third-order valence-corrected chi connectivity index (χ3v) is 2.74. The number of amides is 1. The Hall–Kier alpha value is -1.70. The van der Waals surface area contributed by atoms with E-state index in [0.717, 1.165) is 0 Å². The first-order chi connectivity index (χ1) is 9.66. The number of nitrogens with one attached hydrogen (secondary N) is 1. The van der Waals surface area contributed by atoms with E-state index in [1.165, 1.54) is 0 Å². The quantitative estimate of drug-likeness (QED) is 0.499. The van der Waals surface area contributed by atoms with Crippen LogP contribution in [0, 0.1) is 35.0 Å². The Kier molecular flexibility index (Phi) is 5.65. The third-order valence-electron chi connectivity index (χ3n) is 2.74. The number of rotatable bonds is 5. The van der Waals surface area contributed by atoms with Crippen LogP contribution in [0.1, 0.15) is 30.6 Å². The molecule has 1 atom stereocenters. The lowest BCUT2D eigenvalue weighted by molar-refractivity contribution is 0.0938. The van der Waals surface area contributed by atoms with Gasteiger partial charge in [0.1, 0.15) is 5.56 Å². The lowest BCUT2D eigenvalue weighted by Crippen LogP contribution is -2.38. The molecule has 0 aliphatic rings. The van der Waals surface area contributed by atoms with Crippen LogP contribution >= 0.6 is 0 Å². The number of benzene rings is 1. The Labute approximate surface area is 118 Å². The molecule has 118 valence electrons. The van der Waals surface area contributed by atoms with E-state index in [-0.39, 0.29) is 12.5 Å². The van der Waals surface area contributed by atoms with Crippen molar-refractivity contribution >= 4 is 5.91 Å². The predicted molar refractivity (Wildman–Crippen MR) is 66.0 cm³/mol. The first-order valence-corrected chi connectivity index (χ1v) is 6.22. The molecule has 1 amide bonds. The summed E-state index contributed by atoms with van der Waals surface area (Å²) in [6, 6.07) is -0.491. The molecule has 0 spiro atoms. The first-order valence-electron chi connectivity index (χ1n) is 6.22. The van der Waals surface area contributed by atoms with Crippen molar-refractivity contribution in [1.29, 1.82) is 0 Å². The average molecular weight is 310 g/mol. The monoisotopic (exact) mass is 310 g/mol. The highest BCUT2D eigenvalue weighted by molar-refractivity contribution is 5.94. The fourth-order valence-electron chi connectivity index (χ4n) is 1.81. The largest absolute Gasteiger partial charge is 0.350 e. The lowest BCUT2D eigenvalue weighted by Gasteiger charge is -2.15. The molecule has 0 aliphatic heterocycles. The molecule has 3 N–H and O–H groups in total. The van der Waals surface area contributed by atoms with Gasteiger partial charge < -0.3 is 11.1 Å². The maximum Gasteiger partial charge on any atom is 0.257 e. The van der Waals surface area contributed by atoms with Gasteiger partial charge in [0.05, 0.1) is 0 Å². The highest BCUT2D eigenvalue weighted by Crippen LogP contribution is 2.22. The zero-order valence-electron chi connectivity index (χ0n) is 11.4. The smallest absolute Gasteiger partial charge is 0.257 e. The van der Waals surface area contributed by atoms with E-state index in [0.29, 0.717) is 6.42 Å². The molecule has 3 nitrogen and oxygen atoms in total. The van der Waals surface area contributed by atoms with Gasteiger partial charge in [-0.05, 0) is 12.3 Å². The minimum atomic E-state index is -2.31. The molecule has 0 saturated heterocycles. The maximum absolute atomic E-state index is 13.4. The number of hydrogen-bond acceptors (Lipinski definition) is 2. The zero-order chi connectivity index (χ0) is 16.3. The minimum Gasteiger partial charge on any atom is -0.350 e. The number of hydrogen-bond donors (Lipinski definition) is 2. The topological polar surface area (TPSA) is 55.1 Å². The number of halogens is 5. The molecule has 0 fully saturated rings. The van der Waals surface area contributed by atoms with Gasteiger partial charge >= 0.3 is 0 Å². The summed E-state index contributed by atoms with van der Waals surface area (Å²) in [7, 11) is 0. The van der Waals surface area contributed by atoms with Crippen molar-refractivity contribution in [2.45, 2.75) is 26.3 Å². The van der Waals surface area contributed by atoms with Gasteiger partial charge in [-0.25, -0.2) is 22.0 Å². The van der Waals surface area contributed by atoms with Gasteiger partial charge in [0.2, 0.25) is 5.82 Å². The molecular formula is C13H15F5N2O. The Morgan fingerprint density at radius 1 is 1.00 bits per heavy atom. The second kappa shape index (κ2) is 6.84. The molecule has 0 aliphatic carbocycles. The lowest BCUT2D eigenvalue weighted by atomic mass is 10.0. The zero-order valence-corrected chi connectivity index (χ0v) is 11.4. The third kappa shape index (κ3) is 3.90. The molecule has 1 rings (SSSR count). The van der Waals surface area contributed by atoms with Crippen molar-refractivity contribution in [3.05, 3.63) is 34.6 Å². The summed E-state index contributed by atoms with van der Waals surface area (Å²) >= 11 is 0. The van der Waals surface area contributed by atoms with Gasteiger partial charge in [0, 0.05) is 12.6 Å². The van der Waals surface area contributed by atoms with E-state index in [2.05, 4.69) is 5.32 Å². The van der Waals surface area contributed by atoms with Crippen LogP contribution in [0.15, 0.2) is 0 Å². The Morgan fingerprint density at radius 2 is 1.43 bits per heavy atom. The van der Waals surface area contributed by atoms with E-state index in [4.69, 9.17) is 5.73 Å². The maximum atomic E-state index is 13.4. The van der Waals surface area contributed by atoms with Crippen molar-refractivity contribution < 1.29 is 26.7 Å². The van der Waals surface area contributed by atoms with Crippen molar-refractivity contribution in [2.24, 2.45) is 11.7 Å². The second-order valence-electron chi connectivity index (χ2n) is 5.04. The van der Waals surface area contributed by atoms with Gasteiger partial charge in [0.15, 0.2) is 23.3 Å². The van der Waals surface area contributed by atoms with Gasteiger partial charge in [-0.1, -0.05) is 13.8 Å². The first kappa shape index (κ1) is 17.4. The Bertz CT molecular complexity index is 519. The molecule has 0 radical (unpaired) electrons. The summed E-state index contributed by atoms with van der Waals surface area (Å²) in [6.07, 6.45) is 0.525. The van der Waals surface area contributed by atoms with Gasteiger partial charge in [-0.2, -0.15) is 0 Å².